The van der Waals surface area contributed by atoms with Crippen molar-refractivity contribution in [2.45, 2.75) is 11.7 Å². The quantitative estimate of drug-likeness (QED) is 0.850. The predicted octanol–water partition coefficient (Wildman–Crippen LogP) is 2.79. The number of ether oxygens (including phenoxy) is 1. The highest BCUT2D eigenvalue weighted by atomic mass is 32.2. The normalized spacial score (nSPS) is 19.6. The van der Waals surface area contributed by atoms with Crippen molar-refractivity contribution < 1.29 is 13.9 Å². The molecule has 98 valence electrons. The number of hydrogen-bond donors (Lipinski definition) is 0. The molecule has 0 spiro atoms. The van der Waals surface area contributed by atoms with E-state index in [0.717, 1.165) is 22.8 Å². The molecule has 0 bridgehead atoms. The van der Waals surface area contributed by atoms with Crippen LogP contribution in [0.5, 0.6) is 5.75 Å². The SMILES string of the molecule is COc1ccc(CC(=O)C2CSCCS2)cc1F. The van der Waals surface area contributed by atoms with Crippen LogP contribution in [0.1, 0.15) is 5.56 Å². The van der Waals surface area contributed by atoms with Crippen molar-refractivity contribution in [3.05, 3.63) is 29.6 Å². The van der Waals surface area contributed by atoms with Crippen molar-refractivity contribution in [3.63, 3.8) is 0 Å². The number of carbonyl (C=O) groups is 1. The molecular formula is C13H15FO2S2. The number of benzene rings is 1. The van der Waals surface area contributed by atoms with E-state index in [4.69, 9.17) is 4.74 Å². The standard InChI is InChI=1S/C13H15FO2S2/c1-16-12-3-2-9(6-10(12)14)7-11(15)13-8-17-4-5-18-13/h2-3,6,13H,4-5,7-8H2,1H3. The van der Waals surface area contributed by atoms with Gasteiger partial charge < -0.3 is 4.74 Å². The van der Waals surface area contributed by atoms with E-state index in [1.165, 1.54) is 13.2 Å². The van der Waals surface area contributed by atoms with E-state index in [9.17, 15) is 9.18 Å². The van der Waals surface area contributed by atoms with Crippen molar-refractivity contribution in [3.8, 4) is 5.75 Å². The van der Waals surface area contributed by atoms with Crippen LogP contribution in [0.4, 0.5) is 4.39 Å². The fraction of sp³-hybridized carbons (Fsp3) is 0.462. The first-order valence-corrected chi connectivity index (χ1v) is 7.95. The third-order valence-electron chi connectivity index (χ3n) is 2.77. The van der Waals surface area contributed by atoms with E-state index in [1.807, 2.05) is 11.8 Å². The Morgan fingerprint density at radius 2 is 2.33 bits per heavy atom. The average molecular weight is 286 g/mol. The van der Waals surface area contributed by atoms with Crippen molar-refractivity contribution >= 4 is 29.3 Å². The third kappa shape index (κ3) is 3.42. The molecule has 1 saturated heterocycles. The van der Waals surface area contributed by atoms with Gasteiger partial charge in [0, 0.05) is 23.7 Å². The summed E-state index contributed by atoms with van der Waals surface area (Å²) >= 11 is 3.53. The molecule has 0 aromatic heterocycles. The van der Waals surface area contributed by atoms with E-state index >= 15 is 0 Å². The lowest BCUT2D eigenvalue weighted by atomic mass is 10.1. The van der Waals surface area contributed by atoms with Gasteiger partial charge in [0.1, 0.15) is 0 Å². The lowest BCUT2D eigenvalue weighted by Gasteiger charge is -2.19. The summed E-state index contributed by atoms with van der Waals surface area (Å²) in [6, 6.07) is 4.71. The fourth-order valence-electron chi connectivity index (χ4n) is 1.81. The largest absolute Gasteiger partial charge is 0.494 e. The number of thioether (sulfide) groups is 2. The molecule has 0 radical (unpaired) electrons. The first kappa shape index (κ1) is 13.7. The van der Waals surface area contributed by atoms with E-state index in [2.05, 4.69) is 0 Å². The second-order valence-corrected chi connectivity index (χ2v) is 6.51. The number of halogens is 1. The molecule has 5 heteroatoms. The minimum absolute atomic E-state index is 0.0638. The maximum Gasteiger partial charge on any atom is 0.165 e. The highest BCUT2D eigenvalue weighted by molar-refractivity contribution is 8.07. The fourth-order valence-corrected chi connectivity index (χ4v) is 4.46. The Bertz CT molecular complexity index is 431. The monoisotopic (exact) mass is 286 g/mol. The highest BCUT2D eigenvalue weighted by Crippen LogP contribution is 2.26. The maximum absolute atomic E-state index is 13.5. The molecule has 18 heavy (non-hydrogen) atoms. The number of rotatable bonds is 4. The third-order valence-corrected chi connectivity index (χ3v) is 5.57. The first-order valence-electron chi connectivity index (χ1n) is 5.75. The van der Waals surface area contributed by atoms with Crippen LogP contribution in [-0.4, -0.2) is 35.4 Å². The summed E-state index contributed by atoms with van der Waals surface area (Å²) in [7, 11) is 1.43. The summed E-state index contributed by atoms with van der Waals surface area (Å²) in [6.45, 7) is 0. The van der Waals surface area contributed by atoms with Crippen LogP contribution in [0.15, 0.2) is 18.2 Å². The van der Waals surface area contributed by atoms with Gasteiger partial charge in [-0.15, -0.1) is 11.8 Å². The van der Waals surface area contributed by atoms with Crippen LogP contribution in [0, 0.1) is 5.82 Å². The molecule has 0 amide bonds. The van der Waals surface area contributed by atoms with Crippen LogP contribution in [-0.2, 0) is 11.2 Å². The van der Waals surface area contributed by atoms with Gasteiger partial charge >= 0.3 is 0 Å². The zero-order valence-corrected chi connectivity index (χ0v) is 11.8. The van der Waals surface area contributed by atoms with Gasteiger partial charge in [0.15, 0.2) is 17.3 Å². The Morgan fingerprint density at radius 1 is 1.50 bits per heavy atom. The number of Topliss-reactive ketones (excluding diaryl/α,β-unsaturated/α-hetero) is 1. The van der Waals surface area contributed by atoms with Gasteiger partial charge in [-0.05, 0) is 17.7 Å². The average Bonchev–Trinajstić information content (AvgIpc) is 2.40. The van der Waals surface area contributed by atoms with Gasteiger partial charge in [0.05, 0.1) is 12.4 Å². The topological polar surface area (TPSA) is 26.3 Å². The van der Waals surface area contributed by atoms with Crippen molar-refractivity contribution in [1.29, 1.82) is 0 Å². The minimum Gasteiger partial charge on any atom is -0.494 e. The molecule has 1 aromatic carbocycles. The number of methoxy groups -OCH3 is 1. The molecule has 2 rings (SSSR count). The molecule has 1 aromatic rings. The minimum atomic E-state index is -0.409. The smallest absolute Gasteiger partial charge is 0.165 e. The number of hydrogen-bond acceptors (Lipinski definition) is 4. The zero-order valence-electron chi connectivity index (χ0n) is 10.1. The maximum atomic E-state index is 13.5. The number of ketones is 1. The number of carbonyl (C=O) groups excluding carboxylic acids is 1. The molecule has 1 aliphatic heterocycles. The van der Waals surface area contributed by atoms with E-state index in [-0.39, 0.29) is 16.8 Å². The van der Waals surface area contributed by atoms with Gasteiger partial charge in [-0.2, -0.15) is 11.8 Å². The van der Waals surface area contributed by atoms with Crippen molar-refractivity contribution in [2.75, 3.05) is 24.4 Å². The van der Waals surface area contributed by atoms with Crippen LogP contribution in [0.2, 0.25) is 0 Å². The molecule has 1 unspecified atom stereocenters. The molecule has 1 aliphatic rings. The van der Waals surface area contributed by atoms with E-state index in [1.54, 1.807) is 23.9 Å². The molecule has 2 nitrogen and oxygen atoms in total. The Morgan fingerprint density at radius 3 is 2.94 bits per heavy atom. The summed E-state index contributed by atoms with van der Waals surface area (Å²) in [5.74, 6) is 3.02. The van der Waals surface area contributed by atoms with Crippen LogP contribution >= 0.6 is 23.5 Å². The molecular weight excluding hydrogens is 271 g/mol. The van der Waals surface area contributed by atoms with Crippen molar-refractivity contribution in [1.82, 2.24) is 0 Å². The van der Waals surface area contributed by atoms with E-state index in [0.29, 0.717) is 6.42 Å². The van der Waals surface area contributed by atoms with Crippen LogP contribution in [0.25, 0.3) is 0 Å². The Kier molecular flexibility index (Phi) is 4.95. The van der Waals surface area contributed by atoms with Gasteiger partial charge in [0.25, 0.3) is 0 Å². The lowest BCUT2D eigenvalue weighted by Crippen LogP contribution is -2.25. The van der Waals surface area contributed by atoms with Crippen LogP contribution < -0.4 is 4.74 Å². The Labute approximate surface area is 115 Å². The second-order valence-electron chi connectivity index (χ2n) is 4.05. The molecule has 1 atom stereocenters. The molecule has 1 fully saturated rings. The van der Waals surface area contributed by atoms with Gasteiger partial charge in [-0.25, -0.2) is 4.39 Å². The Hall–Kier alpha value is -0.680. The summed E-state index contributed by atoms with van der Waals surface area (Å²) in [5, 5.41) is 0.0638. The molecule has 0 N–H and O–H groups in total. The second kappa shape index (κ2) is 6.48. The lowest BCUT2D eigenvalue weighted by molar-refractivity contribution is -0.117. The highest BCUT2D eigenvalue weighted by Gasteiger charge is 2.22. The molecule has 1 heterocycles. The summed E-state index contributed by atoms with van der Waals surface area (Å²) in [4.78, 5) is 12.0. The Balaban J connectivity index is 2.00. The van der Waals surface area contributed by atoms with Crippen LogP contribution in [0.3, 0.4) is 0 Å². The van der Waals surface area contributed by atoms with Gasteiger partial charge in [0.2, 0.25) is 0 Å². The van der Waals surface area contributed by atoms with Gasteiger partial charge in [-0.3, -0.25) is 4.79 Å². The predicted molar refractivity (Wildman–Crippen MR) is 75.2 cm³/mol. The summed E-state index contributed by atoms with van der Waals surface area (Å²) < 4.78 is 18.4. The zero-order chi connectivity index (χ0) is 13.0. The molecule has 0 aliphatic carbocycles. The van der Waals surface area contributed by atoms with Gasteiger partial charge in [-0.1, -0.05) is 6.07 Å². The summed E-state index contributed by atoms with van der Waals surface area (Å²) in [5.41, 5.74) is 0.717. The molecule has 0 saturated carbocycles. The van der Waals surface area contributed by atoms with E-state index < -0.39 is 5.82 Å². The first-order chi connectivity index (χ1) is 8.70. The summed E-state index contributed by atoms with van der Waals surface area (Å²) in [6.07, 6.45) is 0.305. The van der Waals surface area contributed by atoms with Crippen molar-refractivity contribution in [2.24, 2.45) is 0 Å².